The predicted octanol–water partition coefficient (Wildman–Crippen LogP) is 2.21. The topological polar surface area (TPSA) is 58.6 Å². The van der Waals surface area contributed by atoms with E-state index in [0.29, 0.717) is 0 Å². The van der Waals surface area contributed by atoms with Crippen molar-refractivity contribution in [1.29, 1.82) is 0 Å². The molecule has 1 aromatic carbocycles. The number of ether oxygens (including phenoxy) is 1. The van der Waals surface area contributed by atoms with E-state index in [1.807, 2.05) is 32.0 Å². The minimum atomic E-state index is -1.12. The van der Waals surface area contributed by atoms with E-state index >= 15 is 0 Å². The lowest BCUT2D eigenvalue weighted by Crippen LogP contribution is -2.47. The maximum absolute atomic E-state index is 11.2. The maximum Gasteiger partial charge on any atom is 0.331 e. The highest BCUT2D eigenvalue weighted by Gasteiger charge is 2.33. The third kappa shape index (κ3) is 3.46. The zero-order valence-electron chi connectivity index (χ0n) is 10.7. The minimum absolute atomic E-state index is 0.106. The van der Waals surface area contributed by atoms with Gasteiger partial charge in [0.1, 0.15) is 0 Å². The van der Waals surface area contributed by atoms with Crippen LogP contribution in [0.4, 0.5) is 5.69 Å². The van der Waals surface area contributed by atoms with E-state index in [0.717, 1.165) is 16.8 Å². The zero-order valence-corrected chi connectivity index (χ0v) is 10.7. The van der Waals surface area contributed by atoms with Gasteiger partial charge in [-0.1, -0.05) is 6.07 Å². The summed E-state index contributed by atoms with van der Waals surface area (Å²) in [5.74, 6) is -0.932. The summed E-state index contributed by atoms with van der Waals surface area (Å²) in [4.78, 5) is 11.2. The first-order valence-corrected chi connectivity index (χ1v) is 5.46. The lowest BCUT2D eigenvalue weighted by molar-refractivity contribution is -0.143. The minimum Gasteiger partial charge on any atom is -0.479 e. The fourth-order valence-electron chi connectivity index (χ4n) is 1.81. The van der Waals surface area contributed by atoms with Gasteiger partial charge in [-0.25, -0.2) is 4.79 Å². The standard InChI is InChI=1S/C13H19NO3/c1-9-5-10(2)7-11(6-9)14-13(3,8-17-4)12(15)16/h5-7,14H,8H2,1-4H3,(H,15,16). The van der Waals surface area contributed by atoms with Crippen molar-refractivity contribution in [1.82, 2.24) is 0 Å². The van der Waals surface area contributed by atoms with Crippen molar-refractivity contribution in [2.45, 2.75) is 26.3 Å². The number of carboxylic acids is 1. The monoisotopic (exact) mass is 237 g/mol. The van der Waals surface area contributed by atoms with Crippen LogP contribution in [0.2, 0.25) is 0 Å². The Morgan fingerprint density at radius 3 is 2.29 bits per heavy atom. The van der Waals surface area contributed by atoms with Crippen LogP contribution < -0.4 is 5.32 Å². The summed E-state index contributed by atoms with van der Waals surface area (Å²) in [5, 5.41) is 12.2. The Hall–Kier alpha value is -1.55. The average molecular weight is 237 g/mol. The quantitative estimate of drug-likeness (QED) is 0.824. The molecule has 94 valence electrons. The molecule has 0 fully saturated rings. The second-order valence-corrected chi connectivity index (χ2v) is 4.57. The molecule has 0 saturated heterocycles. The molecule has 1 atom stereocenters. The molecule has 0 amide bonds. The first-order valence-electron chi connectivity index (χ1n) is 5.46. The highest BCUT2D eigenvalue weighted by atomic mass is 16.5. The number of methoxy groups -OCH3 is 1. The molecule has 0 aliphatic heterocycles. The van der Waals surface area contributed by atoms with Crippen molar-refractivity contribution in [3.8, 4) is 0 Å². The SMILES string of the molecule is COCC(C)(Nc1cc(C)cc(C)c1)C(=O)O. The van der Waals surface area contributed by atoms with Gasteiger partial charge in [0.05, 0.1) is 6.61 Å². The molecule has 17 heavy (non-hydrogen) atoms. The van der Waals surface area contributed by atoms with Gasteiger partial charge < -0.3 is 15.2 Å². The lowest BCUT2D eigenvalue weighted by atomic mass is 10.0. The summed E-state index contributed by atoms with van der Waals surface area (Å²) in [6.45, 7) is 5.67. The molecule has 1 rings (SSSR count). The lowest BCUT2D eigenvalue weighted by Gasteiger charge is -2.26. The molecule has 0 spiro atoms. The average Bonchev–Trinajstić information content (AvgIpc) is 2.15. The molecule has 0 saturated carbocycles. The van der Waals surface area contributed by atoms with Gasteiger partial charge in [-0.2, -0.15) is 0 Å². The van der Waals surface area contributed by atoms with Crippen LogP contribution in [0, 0.1) is 13.8 Å². The summed E-state index contributed by atoms with van der Waals surface area (Å²) in [6, 6.07) is 5.88. The van der Waals surface area contributed by atoms with E-state index in [1.54, 1.807) is 6.92 Å². The Kier molecular flexibility index (Phi) is 4.12. The van der Waals surface area contributed by atoms with Crippen molar-refractivity contribution in [2.75, 3.05) is 19.0 Å². The molecule has 1 unspecified atom stereocenters. The summed E-state index contributed by atoms with van der Waals surface area (Å²) in [6.07, 6.45) is 0. The van der Waals surface area contributed by atoms with Gasteiger partial charge in [0.2, 0.25) is 0 Å². The van der Waals surface area contributed by atoms with E-state index in [-0.39, 0.29) is 6.61 Å². The Bertz CT molecular complexity index is 397. The number of carbonyl (C=O) groups is 1. The summed E-state index contributed by atoms with van der Waals surface area (Å²) >= 11 is 0. The number of nitrogens with one attached hydrogen (secondary N) is 1. The number of aryl methyl sites for hydroxylation is 2. The molecule has 0 bridgehead atoms. The normalized spacial score (nSPS) is 14.1. The number of hydrogen-bond acceptors (Lipinski definition) is 3. The van der Waals surface area contributed by atoms with Crippen LogP contribution in [-0.4, -0.2) is 30.3 Å². The van der Waals surface area contributed by atoms with Gasteiger partial charge in [-0.15, -0.1) is 0 Å². The van der Waals surface area contributed by atoms with Crippen molar-refractivity contribution in [2.24, 2.45) is 0 Å². The number of benzene rings is 1. The first kappa shape index (κ1) is 13.5. The smallest absolute Gasteiger partial charge is 0.331 e. The maximum atomic E-state index is 11.2. The van der Waals surface area contributed by atoms with Gasteiger partial charge in [0.15, 0.2) is 5.54 Å². The molecule has 2 N–H and O–H groups in total. The van der Waals surface area contributed by atoms with Gasteiger partial charge in [0.25, 0.3) is 0 Å². The molecule has 1 aromatic rings. The molecule has 0 aliphatic carbocycles. The van der Waals surface area contributed by atoms with Crippen LogP contribution in [0.3, 0.4) is 0 Å². The summed E-state index contributed by atoms with van der Waals surface area (Å²) in [5.41, 5.74) is 1.87. The largest absolute Gasteiger partial charge is 0.479 e. The van der Waals surface area contributed by atoms with Gasteiger partial charge in [-0.05, 0) is 44.0 Å². The Labute approximate surface area is 102 Å². The Balaban J connectivity index is 2.97. The number of rotatable bonds is 5. The molecular formula is C13H19NO3. The third-order valence-electron chi connectivity index (χ3n) is 2.55. The molecule has 0 heterocycles. The van der Waals surface area contributed by atoms with Gasteiger partial charge >= 0.3 is 5.97 Å². The van der Waals surface area contributed by atoms with E-state index in [2.05, 4.69) is 5.32 Å². The van der Waals surface area contributed by atoms with Crippen LogP contribution >= 0.6 is 0 Å². The highest BCUT2D eigenvalue weighted by Crippen LogP contribution is 2.19. The summed E-state index contributed by atoms with van der Waals surface area (Å²) < 4.78 is 4.96. The Morgan fingerprint density at radius 1 is 1.35 bits per heavy atom. The fourth-order valence-corrected chi connectivity index (χ4v) is 1.81. The van der Waals surface area contributed by atoms with E-state index < -0.39 is 11.5 Å². The van der Waals surface area contributed by atoms with Crippen molar-refractivity contribution in [3.05, 3.63) is 29.3 Å². The van der Waals surface area contributed by atoms with Crippen LogP contribution in [0.15, 0.2) is 18.2 Å². The molecule has 4 heteroatoms. The van der Waals surface area contributed by atoms with E-state index in [1.165, 1.54) is 7.11 Å². The number of anilines is 1. The fraction of sp³-hybridized carbons (Fsp3) is 0.462. The van der Waals surface area contributed by atoms with Gasteiger partial charge in [-0.3, -0.25) is 0 Å². The van der Waals surface area contributed by atoms with Crippen LogP contribution in [0.1, 0.15) is 18.1 Å². The van der Waals surface area contributed by atoms with Crippen LogP contribution in [0.25, 0.3) is 0 Å². The van der Waals surface area contributed by atoms with E-state index in [9.17, 15) is 9.90 Å². The molecule has 0 radical (unpaired) electrons. The number of carboxylic acid groups (broad SMARTS) is 1. The van der Waals surface area contributed by atoms with Crippen molar-refractivity contribution >= 4 is 11.7 Å². The predicted molar refractivity (Wildman–Crippen MR) is 67.5 cm³/mol. The molecule has 4 nitrogen and oxygen atoms in total. The van der Waals surface area contributed by atoms with E-state index in [4.69, 9.17) is 4.74 Å². The number of aliphatic carboxylic acids is 1. The highest BCUT2D eigenvalue weighted by molar-refractivity contribution is 5.82. The third-order valence-corrected chi connectivity index (χ3v) is 2.55. The first-order chi connectivity index (χ1) is 7.87. The van der Waals surface area contributed by atoms with Gasteiger partial charge in [0, 0.05) is 12.8 Å². The molecular weight excluding hydrogens is 218 g/mol. The molecule has 0 aromatic heterocycles. The van der Waals surface area contributed by atoms with Crippen LogP contribution in [0.5, 0.6) is 0 Å². The summed E-state index contributed by atoms with van der Waals surface area (Å²) in [7, 11) is 1.49. The molecule has 0 aliphatic rings. The second-order valence-electron chi connectivity index (χ2n) is 4.57. The number of hydrogen-bond donors (Lipinski definition) is 2. The Morgan fingerprint density at radius 2 is 1.88 bits per heavy atom. The van der Waals surface area contributed by atoms with Crippen LogP contribution in [-0.2, 0) is 9.53 Å². The zero-order chi connectivity index (χ0) is 13.1. The van der Waals surface area contributed by atoms with Crippen molar-refractivity contribution in [3.63, 3.8) is 0 Å². The van der Waals surface area contributed by atoms with Crippen molar-refractivity contribution < 1.29 is 14.6 Å². The second kappa shape index (κ2) is 5.19.